The number of nitrogens with one attached hydrogen (secondary N) is 1. The van der Waals surface area contributed by atoms with Crippen LogP contribution in [0.25, 0.3) is 33.3 Å². The minimum Gasteiger partial charge on any atom is -0.466 e. The van der Waals surface area contributed by atoms with E-state index < -0.39 is 0 Å². The van der Waals surface area contributed by atoms with Crippen LogP contribution in [-0.4, -0.2) is 43.2 Å². The first-order valence-corrected chi connectivity index (χ1v) is 12.4. The zero-order chi connectivity index (χ0) is 25.3. The lowest BCUT2D eigenvalue weighted by Gasteiger charge is -2.12. The first kappa shape index (κ1) is 25.2. The Morgan fingerprint density at radius 1 is 0.944 bits per heavy atom. The fraction of sp³-hybridized carbons (Fsp3) is 0.357. The van der Waals surface area contributed by atoms with Gasteiger partial charge in [0.25, 0.3) is 0 Å². The number of benzene rings is 3. The summed E-state index contributed by atoms with van der Waals surface area (Å²) >= 11 is 0. The van der Waals surface area contributed by atoms with Gasteiger partial charge in [-0.15, -0.1) is 0 Å². The van der Waals surface area contributed by atoms with E-state index in [1.165, 1.54) is 0 Å². The summed E-state index contributed by atoms with van der Waals surface area (Å²) in [6.45, 7) is 5.55. The smallest absolute Gasteiger partial charge is 0.305 e. The highest BCUT2D eigenvalue weighted by Gasteiger charge is 2.15. The lowest BCUT2D eigenvalue weighted by Crippen LogP contribution is -2.09. The Balaban J connectivity index is 1.59. The van der Waals surface area contributed by atoms with E-state index in [0.29, 0.717) is 63.3 Å². The van der Waals surface area contributed by atoms with Crippen LogP contribution in [0.1, 0.15) is 39.5 Å². The molecule has 0 aromatic heterocycles. The monoisotopic (exact) mass is 489 g/mol. The number of nitrogens with zero attached hydrogens (tertiary/aromatic N) is 2. The maximum absolute atomic E-state index is 11.6. The first-order valence-electron chi connectivity index (χ1n) is 12.4. The van der Waals surface area contributed by atoms with Crippen molar-refractivity contribution in [2.75, 3.05) is 31.6 Å². The summed E-state index contributed by atoms with van der Waals surface area (Å²) in [5.41, 5.74) is 3.07. The number of ether oxygens (including phenoxy) is 2. The Labute approximate surface area is 209 Å². The fourth-order valence-corrected chi connectivity index (χ4v) is 4.03. The van der Waals surface area contributed by atoms with Gasteiger partial charge in [0.2, 0.25) is 0 Å². The molecule has 36 heavy (non-hydrogen) atoms. The van der Waals surface area contributed by atoms with Gasteiger partial charge in [0.15, 0.2) is 11.3 Å². The van der Waals surface area contributed by atoms with E-state index in [0.717, 1.165) is 33.0 Å². The number of hydrogen-bond donors (Lipinski definition) is 1. The van der Waals surface area contributed by atoms with Gasteiger partial charge in [-0.3, -0.25) is 14.6 Å². The molecular weight excluding hydrogens is 458 g/mol. The van der Waals surface area contributed by atoms with Gasteiger partial charge in [0, 0.05) is 54.5 Å². The van der Waals surface area contributed by atoms with E-state index in [9.17, 15) is 9.59 Å². The van der Waals surface area contributed by atoms with Gasteiger partial charge >= 0.3 is 11.9 Å². The Morgan fingerprint density at radius 2 is 1.67 bits per heavy atom. The molecule has 1 heterocycles. The van der Waals surface area contributed by atoms with Crippen LogP contribution < -0.4 is 10.7 Å². The molecule has 2 aromatic rings. The highest BCUT2D eigenvalue weighted by molar-refractivity contribution is 5.96. The number of aromatic nitrogens is 1. The molecule has 2 aliphatic rings. The van der Waals surface area contributed by atoms with E-state index in [4.69, 9.17) is 23.9 Å². The van der Waals surface area contributed by atoms with Gasteiger partial charge in [-0.05, 0) is 38.8 Å². The van der Waals surface area contributed by atoms with Crippen LogP contribution in [0, 0.1) is 0 Å². The summed E-state index contributed by atoms with van der Waals surface area (Å²) in [5.74, 6) is 0.259. The minimum atomic E-state index is -0.202. The topological polar surface area (TPSA) is 103 Å². The number of rotatable bonds is 11. The lowest BCUT2D eigenvalue weighted by molar-refractivity contribution is -0.144. The third-order valence-corrected chi connectivity index (χ3v) is 5.69. The molecule has 2 aromatic carbocycles. The fourth-order valence-electron chi connectivity index (χ4n) is 4.03. The van der Waals surface area contributed by atoms with Gasteiger partial charge in [-0.1, -0.05) is 24.3 Å². The molecule has 1 aliphatic carbocycles. The molecule has 1 N–H and O–H groups in total. The summed E-state index contributed by atoms with van der Waals surface area (Å²) in [6, 6.07) is 15.7. The normalized spacial score (nSPS) is 11.8. The van der Waals surface area contributed by atoms with E-state index in [2.05, 4.69) is 5.32 Å². The van der Waals surface area contributed by atoms with Crippen molar-refractivity contribution in [3.05, 3.63) is 53.9 Å². The average molecular weight is 490 g/mol. The Kier molecular flexibility index (Phi) is 8.49. The predicted molar refractivity (Wildman–Crippen MR) is 139 cm³/mol. The lowest BCUT2D eigenvalue weighted by atomic mass is 10.0. The van der Waals surface area contributed by atoms with Crippen LogP contribution in [0.2, 0.25) is 0 Å². The second-order valence-corrected chi connectivity index (χ2v) is 8.31. The summed E-state index contributed by atoms with van der Waals surface area (Å²) < 4.78 is 16.2. The zero-order valence-corrected chi connectivity index (χ0v) is 20.7. The van der Waals surface area contributed by atoms with Crippen molar-refractivity contribution in [3.8, 4) is 11.5 Å². The second kappa shape index (κ2) is 12.2. The summed E-state index contributed by atoms with van der Waals surface area (Å²) in [5, 5.41) is 6.08. The second-order valence-electron chi connectivity index (χ2n) is 8.31. The molecule has 0 amide bonds. The van der Waals surface area contributed by atoms with Crippen molar-refractivity contribution in [1.29, 1.82) is 0 Å². The highest BCUT2D eigenvalue weighted by Crippen LogP contribution is 2.31. The van der Waals surface area contributed by atoms with Crippen molar-refractivity contribution < 1.29 is 23.5 Å². The number of carbonyl (C=O) groups is 2. The molecule has 0 atom stereocenters. The van der Waals surface area contributed by atoms with Crippen LogP contribution in [0.15, 0.2) is 57.9 Å². The molecule has 0 spiro atoms. The zero-order valence-electron chi connectivity index (χ0n) is 20.7. The van der Waals surface area contributed by atoms with E-state index in [1.807, 2.05) is 48.5 Å². The Bertz CT molecular complexity index is 1400. The Hall–Kier alpha value is -3.94. The van der Waals surface area contributed by atoms with Crippen molar-refractivity contribution in [3.63, 3.8) is 0 Å². The molecule has 188 valence electrons. The van der Waals surface area contributed by atoms with Crippen LogP contribution in [0.4, 0.5) is 5.69 Å². The molecule has 0 fully saturated rings. The molecule has 1 aliphatic heterocycles. The van der Waals surface area contributed by atoms with Gasteiger partial charge in [-0.2, -0.15) is 0 Å². The number of anilines is 1. The molecule has 0 unspecified atom stereocenters. The van der Waals surface area contributed by atoms with E-state index in [-0.39, 0.29) is 11.9 Å². The van der Waals surface area contributed by atoms with Gasteiger partial charge in [-0.25, -0.2) is 4.98 Å². The van der Waals surface area contributed by atoms with Crippen molar-refractivity contribution in [2.45, 2.75) is 39.5 Å². The summed E-state index contributed by atoms with van der Waals surface area (Å²) in [7, 11) is 0. The SMILES string of the molecule is CCOC(=O)CCCN=c1cc2oc3cc(NCCCC(=O)OCC)ccc3nc-2c2ccccc12. The molecule has 0 saturated heterocycles. The third-order valence-electron chi connectivity index (χ3n) is 5.69. The largest absolute Gasteiger partial charge is 0.466 e. The minimum absolute atomic E-state index is 0.183. The quantitative estimate of drug-likeness (QED) is 0.136. The van der Waals surface area contributed by atoms with Gasteiger partial charge in [0.05, 0.1) is 18.6 Å². The summed E-state index contributed by atoms with van der Waals surface area (Å²) in [4.78, 5) is 32.8. The predicted octanol–water partition coefficient (Wildman–Crippen LogP) is 5.09. The van der Waals surface area contributed by atoms with Crippen molar-refractivity contribution in [1.82, 2.24) is 4.98 Å². The summed E-state index contributed by atoms with van der Waals surface area (Å²) in [6.07, 6.45) is 2.01. The maximum Gasteiger partial charge on any atom is 0.305 e. The van der Waals surface area contributed by atoms with Gasteiger partial charge in [0.1, 0.15) is 11.2 Å². The molecule has 0 saturated carbocycles. The molecule has 0 bridgehead atoms. The van der Waals surface area contributed by atoms with Gasteiger partial charge < -0.3 is 19.2 Å². The maximum atomic E-state index is 11.6. The Morgan fingerprint density at radius 3 is 2.42 bits per heavy atom. The van der Waals surface area contributed by atoms with Crippen molar-refractivity contribution >= 4 is 39.5 Å². The number of hydrogen-bond acceptors (Lipinski definition) is 8. The molecular formula is C28H31N3O5. The molecule has 8 heteroatoms. The number of fused-ring (bicyclic) bond motifs is 4. The number of carbonyl (C=O) groups excluding carboxylic acids is 2. The molecule has 8 nitrogen and oxygen atoms in total. The van der Waals surface area contributed by atoms with E-state index >= 15 is 0 Å². The van der Waals surface area contributed by atoms with Crippen molar-refractivity contribution in [2.24, 2.45) is 4.99 Å². The van der Waals surface area contributed by atoms with Crippen LogP contribution in [0.3, 0.4) is 0 Å². The average Bonchev–Trinajstić information content (AvgIpc) is 2.88. The standard InChI is InChI=1S/C28H31N3O5/c1-3-34-26(32)11-7-15-29-19-13-14-22-24(17-19)36-25-18-23(30-16-8-12-27(33)35-4-2)20-9-5-6-10-21(20)28(25)31-22/h5-6,9-10,13-14,17-18,29H,3-4,7-8,11-12,15-16H2,1-2H3. The number of esters is 2. The molecule has 4 rings (SSSR count). The van der Waals surface area contributed by atoms with Crippen LogP contribution >= 0.6 is 0 Å². The van der Waals surface area contributed by atoms with Crippen LogP contribution in [-0.2, 0) is 19.1 Å². The first-order chi connectivity index (χ1) is 17.6. The van der Waals surface area contributed by atoms with E-state index in [1.54, 1.807) is 13.8 Å². The van der Waals surface area contributed by atoms with Crippen LogP contribution in [0.5, 0.6) is 0 Å². The molecule has 0 radical (unpaired) electrons. The highest BCUT2D eigenvalue weighted by atomic mass is 16.5. The third kappa shape index (κ3) is 6.19.